The number of aryl methyl sites for hydroxylation is 1. The summed E-state index contributed by atoms with van der Waals surface area (Å²) in [5.41, 5.74) is 4.24. The van der Waals surface area contributed by atoms with Gasteiger partial charge >= 0.3 is 0 Å². The lowest BCUT2D eigenvalue weighted by molar-refractivity contribution is 0.0951. The molecular formula is C17H13N3O2S2. The van der Waals surface area contributed by atoms with Crippen molar-refractivity contribution in [3.8, 4) is 10.8 Å². The number of furan rings is 1. The quantitative estimate of drug-likeness (QED) is 0.594. The van der Waals surface area contributed by atoms with Crippen LogP contribution >= 0.6 is 22.7 Å². The summed E-state index contributed by atoms with van der Waals surface area (Å²) in [5.74, 6) is 0.647. The van der Waals surface area contributed by atoms with Gasteiger partial charge in [-0.15, -0.1) is 22.7 Å². The van der Waals surface area contributed by atoms with Crippen molar-refractivity contribution < 1.29 is 9.21 Å². The second-order valence-corrected chi connectivity index (χ2v) is 7.19. The molecule has 0 saturated carbocycles. The van der Waals surface area contributed by atoms with Gasteiger partial charge in [-0.05, 0) is 37.3 Å². The summed E-state index contributed by atoms with van der Waals surface area (Å²) in [7, 11) is 0. The second-order valence-electron chi connectivity index (χ2n) is 5.22. The van der Waals surface area contributed by atoms with Gasteiger partial charge in [0.2, 0.25) is 0 Å². The second kappa shape index (κ2) is 6.18. The molecule has 7 heteroatoms. The van der Waals surface area contributed by atoms with E-state index in [1.165, 1.54) is 22.7 Å². The number of carbonyl (C=O) groups excluding carboxylic acids is 1. The van der Waals surface area contributed by atoms with Crippen LogP contribution in [0.5, 0.6) is 0 Å². The lowest BCUT2D eigenvalue weighted by atomic mass is 10.2. The largest absolute Gasteiger partial charge is 0.462 e. The zero-order valence-electron chi connectivity index (χ0n) is 12.8. The molecule has 5 nitrogen and oxygen atoms in total. The molecule has 3 aromatic heterocycles. The molecule has 0 spiro atoms. The maximum absolute atomic E-state index is 12.4. The summed E-state index contributed by atoms with van der Waals surface area (Å²) in [6.07, 6.45) is 1.63. The lowest BCUT2D eigenvalue weighted by Gasteiger charge is -2.04. The van der Waals surface area contributed by atoms with Gasteiger partial charge in [0.05, 0.1) is 34.2 Å². The fourth-order valence-electron chi connectivity index (χ4n) is 2.36. The summed E-state index contributed by atoms with van der Waals surface area (Å²) in [5, 5.41) is 3.78. The van der Waals surface area contributed by atoms with Gasteiger partial charge in [0.25, 0.3) is 5.91 Å². The van der Waals surface area contributed by atoms with Crippen LogP contribution in [0.25, 0.3) is 21.0 Å². The first-order chi connectivity index (χ1) is 11.7. The Balaban J connectivity index is 1.49. The molecule has 0 saturated heterocycles. The Morgan fingerprint density at radius 3 is 3.08 bits per heavy atom. The van der Waals surface area contributed by atoms with Gasteiger partial charge in [-0.3, -0.25) is 4.79 Å². The highest BCUT2D eigenvalue weighted by atomic mass is 32.1. The Morgan fingerprint density at radius 1 is 1.33 bits per heavy atom. The number of hydrogen-bond donors (Lipinski definition) is 1. The van der Waals surface area contributed by atoms with Crippen LogP contribution in [-0.2, 0) is 6.54 Å². The monoisotopic (exact) mass is 355 g/mol. The van der Waals surface area contributed by atoms with Crippen LogP contribution in [0.1, 0.15) is 20.9 Å². The molecule has 4 aromatic rings. The fourth-order valence-corrected chi connectivity index (χ4v) is 4.04. The van der Waals surface area contributed by atoms with Crippen LogP contribution in [-0.4, -0.2) is 15.9 Å². The van der Waals surface area contributed by atoms with Crippen molar-refractivity contribution in [2.45, 2.75) is 13.5 Å². The molecule has 0 bridgehead atoms. The smallest absolute Gasteiger partial charge is 0.251 e. The number of nitrogens with zero attached hydrogens (tertiary/aromatic N) is 2. The van der Waals surface area contributed by atoms with Crippen LogP contribution < -0.4 is 5.32 Å². The number of fused-ring (bicyclic) bond motifs is 1. The van der Waals surface area contributed by atoms with Crippen LogP contribution in [0.4, 0.5) is 0 Å². The summed E-state index contributed by atoms with van der Waals surface area (Å²) >= 11 is 3.06. The predicted octanol–water partition coefficient (Wildman–Crippen LogP) is 4.25. The third-order valence-electron chi connectivity index (χ3n) is 3.63. The maximum Gasteiger partial charge on any atom is 0.251 e. The topological polar surface area (TPSA) is 68.0 Å². The molecule has 0 aliphatic carbocycles. The minimum atomic E-state index is -0.0994. The third-order valence-corrected chi connectivity index (χ3v) is 5.59. The molecule has 1 aromatic carbocycles. The molecule has 1 amide bonds. The molecule has 4 rings (SSSR count). The highest BCUT2D eigenvalue weighted by molar-refractivity contribution is 7.16. The number of hydrogen-bond acceptors (Lipinski definition) is 6. The Morgan fingerprint density at radius 2 is 2.25 bits per heavy atom. The van der Waals surface area contributed by atoms with Crippen molar-refractivity contribution in [1.82, 2.24) is 15.3 Å². The van der Waals surface area contributed by atoms with E-state index in [0.29, 0.717) is 12.1 Å². The molecule has 0 fully saturated rings. The lowest BCUT2D eigenvalue weighted by Crippen LogP contribution is -2.22. The van der Waals surface area contributed by atoms with Gasteiger partial charge < -0.3 is 9.73 Å². The Hall–Kier alpha value is -2.51. The molecule has 0 atom stereocenters. The molecule has 3 heterocycles. The Labute approximate surface area is 146 Å². The first kappa shape index (κ1) is 15.0. The van der Waals surface area contributed by atoms with Crippen molar-refractivity contribution in [1.29, 1.82) is 0 Å². The van der Waals surface area contributed by atoms with Crippen LogP contribution in [0.15, 0.2) is 46.5 Å². The number of rotatable bonds is 4. The van der Waals surface area contributed by atoms with E-state index in [1.807, 2.05) is 31.2 Å². The zero-order chi connectivity index (χ0) is 16.5. The molecule has 1 N–H and O–H groups in total. The average molecular weight is 355 g/mol. The molecule has 0 aliphatic rings. The van der Waals surface area contributed by atoms with Crippen molar-refractivity contribution in [3.05, 3.63) is 58.2 Å². The van der Waals surface area contributed by atoms with Crippen LogP contribution in [0.3, 0.4) is 0 Å². The van der Waals surface area contributed by atoms with E-state index in [0.717, 1.165) is 31.6 Å². The molecule has 120 valence electrons. The zero-order valence-corrected chi connectivity index (χ0v) is 14.4. The number of nitrogens with one attached hydrogen (secondary N) is 1. The molecule has 0 unspecified atom stereocenters. The number of carbonyl (C=O) groups is 1. The molecular weight excluding hydrogens is 342 g/mol. The Bertz CT molecular complexity index is 1000. The van der Waals surface area contributed by atoms with Crippen LogP contribution in [0, 0.1) is 6.92 Å². The van der Waals surface area contributed by atoms with Crippen molar-refractivity contribution in [2.24, 2.45) is 0 Å². The number of amides is 1. The van der Waals surface area contributed by atoms with E-state index < -0.39 is 0 Å². The van der Waals surface area contributed by atoms with Gasteiger partial charge in [-0.25, -0.2) is 9.97 Å². The van der Waals surface area contributed by atoms with Gasteiger partial charge in [0, 0.05) is 10.4 Å². The highest BCUT2D eigenvalue weighted by Crippen LogP contribution is 2.28. The summed E-state index contributed by atoms with van der Waals surface area (Å²) in [4.78, 5) is 22.1. The molecule has 24 heavy (non-hydrogen) atoms. The summed E-state index contributed by atoms with van der Waals surface area (Å²) in [6, 6.07) is 9.25. The van der Waals surface area contributed by atoms with E-state index in [2.05, 4.69) is 15.3 Å². The third kappa shape index (κ3) is 2.83. The van der Waals surface area contributed by atoms with Crippen molar-refractivity contribution in [2.75, 3.05) is 0 Å². The van der Waals surface area contributed by atoms with E-state index >= 15 is 0 Å². The normalized spacial score (nSPS) is 11.0. The predicted molar refractivity (Wildman–Crippen MR) is 95.3 cm³/mol. The van der Waals surface area contributed by atoms with E-state index in [9.17, 15) is 4.79 Å². The standard InChI is InChI=1S/C17H13N3O2S2/c1-10-15(24-17(20-10)13-3-2-6-22-13)8-18-16(21)11-4-5-12-14(7-11)23-9-19-12/h2-7,9H,8H2,1H3,(H,18,21). The average Bonchev–Trinajstić information content (AvgIpc) is 3.32. The number of thiazole rings is 2. The SMILES string of the molecule is Cc1nc(-c2ccco2)sc1CNC(=O)c1ccc2ncsc2c1. The van der Waals surface area contributed by atoms with Gasteiger partial charge in [0.15, 0.2) is 10.8 Å². The van der Waals surface area contributed by atoms with E-state index in [4.69, 9.17) is 4.42 Å². The van der Waals surface area contributed by atoms with Crippen molar-refractivity contribution >= 4 is 38.8 Å². The van der Waals surface area contributed by atoms with E-state index in [1.54, 1.807) is 17.8 Å². The van der Waals surface area contributed by atoms with Gasteiger partial charge in [-0.2, -0.15) is 0 Å². The first-order valence-electron chi connectivity index (χ1n) is 7.32. The van der Waals surface area contributed by atoms with Crippen molar-refractivity contribution in [3.63, 3.8) is 0 Å². The fraction of sp³-hybridized carbons (Fsp3) is 0.118. The van der Waals surface area contributed by atoms with Crippen LogP contribution in [0.2, 0.25) is 0 Å². The molecule has 0 aliphatic heterocycles. The van der Waals surface area contributed by atoms with E-state index in [-0.39, 0.29) is 5.91 Å². The maximum atomic E-state index is 12.4. The summed E-state index contributed by atoms with van der Waals surface area (Å²) in [6.45, 7) is 2.39. The van der Waals surface area contributed by atoms with Gasteiger partial charge in [0.1, 0.15) is 0 Å². The molecule has 0 radical (unpaired) electrons. The number of benzene rings is 1. The Kier molecular flexibility index (Phi) is 3.87. The first-order valence-corrected chi connectivity index (χ1v) is 9.02. The minimum absolute atomic E-state index is 0.0994. The number of aromatic nitrogens is 2. The summed E-state index contributed by atoms with van der Waals surface area (Å²) < 4.78 is 6.38. The van der Waals surface area contributed by atoms with Gasteiger partial charge in [-0.1, -0.05) is 0 Å². The minimum Gasteiger partial charge on any atom is -0.462 e. The highest BCUT2D eigenvalue weighted by Gasteiger charge is 2.13.